The molecule has 2 amide bonds. The topological polar surface area (TPSA) is 96.7 Å². The van der Waals surface area contributed by atoms with Crippen LogP contribution < -0.4 is 5.32 Å². The van der Waals surface area contributed by atoms with Gasteiger partial charge >= 0.3 is 12.0 Å². The van der Waals surface area contributed by atoms with Gasteiger partial charge in [0, 0.05) is 37.7 Å². The minimum absolute atomic E-state index is 0.128. The fourth-order valence-corrected chi connectivity index (χ4v) is 3.86. The molecule has 24 heavy (non-hydrogen) atoms. The Morgan fingerprint density at radius 3 is 2.96 bits per heavy atom. The van der Waals surface area contributed by atoms with Gasteiger partial charge in [0.2, 0.25) is 0 Å². The maximum absolute atomic E-state index is 12.4. The summed E-state index contributed by atoms with van der Waals surface area (Å²) in [6, 6.07) is 1.81. The van der Waals surface area contributed by atoms with Crippen LogP contribution >= 0.6 is 0 Å². The number of ether oxygens (including phenoxy) is 1. The van der Waals surface area contributed by atoms with E-state index < -0.39 is 11.4 Å². The van der Waals surface area contributed by atoms with Gasteiger partial charge in [-0.15, -0.1) is 0 Å². The van der Waals surface area contributed by atoms with Gasteiger partial charge in [-0.1, -0.05) is 0 Å². The van der Waals surface area contributed by atoms with E-state index in [-0.39, 0.29) is 25.1 Å². The first-order valence-corrected chi connectivity index (χ1v) is 8.36. The van der Waals surface area contributed by atoms with Crippen molar-refractivity contribution in [1.82, 2.24) is 20.0 Å². The van der Waals surface area contributed by atoms with E-state index >= 15 is 0 Å². The van der Waals surface area contributed by atoms with Crippen molar-refractivity contribution in [2.75, 3.05) is 26.3 Å². The zero-order valence-electron chi connectivity index (χ0n) is 13.7. The number of amides is 2. The van der Waals surface area contributed by atoms with Crippen LogP contribution in [0.4, 0.5) is 4.79 Å². The highest BCUT2D eigenvalue weighted by atomic mass is 16.5. The van der Waals surface area contributed by atoms with E-state index in [4.69, 9.17) is 4.74 Å². The van der Waals surface area contributed by atoms with Crippen LogP contribution in [-0.4, -0.2) is 58.1 Å². The van der Waals surface area contributed by atoms with Gasteiger partial charge in [-0.05, 0) is 18.9 Å². The Labute approximate surface area is 139 Å². The first-order chi connectivity index (χ1) is 11.5. The first kappa shape index (κ1) is 15.4. The number of fused-ring (bicyclic) bond motifs is 1. The number of hydrogen-bond acceptors (Lipinski definition) is 4. The van der Waals surface area contributed by atoms with Gasteiger partial charge in [0.25, 0.3) is 0 Å². The molecule has 0 bridgehead atoms. The average molecular weight is 334 g/mol. The molecule has 0 aromatic carbocycles. The van der Waals surface area contributed by atoms with Crippen LogP contribution in [0, 0.1) is 11.3 Å². The average Bonchev–Trinajstić information content (AvgIpc) is 3.02. The fraction of sp³-hybridized carbons (Fsp3) is 0.688. The summed E-state index contributed by atoms with van der Waals surface area (Å²) in [4.78, 5) is 25.6. The lowest BCUT2D eigenvalue weighted by atomic mass is 9.81. The van der Waals surface area contributed by atoms with E-state index in [2.05, 4.69) is 10.4 Å². The summed E-state index contributed by atoms with van der Waals surface area (Å²) >= 11 is 0. The number of aryl methyl sites for hydroxylation is 1. The van der Waals surface area contributed by atoms with Crippen LogP contribution in [0.2, 0.25) is 0 Å². The number of carboxylic acids is 1. The molecule has 0 unspecified atom stereocenters. The van der Waals surface area contributed by atoms with Crippen LogP contribution in [0.25, 0.3) is 0 Å². The second-order valence-electron chi connectivity index (χ2n) is 7.17. The molecule has 2 aliphatic heterocycles. The smallest absolute Gasteiger partial charge is 0.317 e. The molecule has 4 rings (SSSR count). The molecule has 2 saturated heterocycles. The number of hydrogen-bond donors (Lipinski definition) is 2. The van der Waals surface area contributed by atoms with Crippen molar-refractivity contribution in [2.45, 2.75) is 25.3 Å². The number of aliphatic carboxylic acids is 1. The molecule has 1 aromatic rings. The van der Waals surface area contributed by atoms with Gasteiger partial charge in [-0.2, -0.15) is 5.10 Å². The van der Waals surface area contributed by atoms with Crippen LogP contribution in [0.15, 0.2) is 6.07 Å². The van der Waals surface area contributed by atoms with E-state index in [1.807, 2.05) is 17.8 Å². The van der Waals surface area contributed by atoms with Gasteiger partial charge in [-0.25, -0.2) is 4.79 Å². The number of carbonyl (C=O) groups is 2. The van der Waals surface area contributed by atoms with Crippen molar-refractivity contribution >= 4 is 12.0 Å². The highest BCUT2D eigenvalue weighted by Crippen LogP contribution is 2.41. The van der Waals surface area contributed by atoms with Gasteiger partial charge in [0.05, 0.1) is 25.5 Å². The molecule has 8 heteroatoms. The van der Waals surface area contributed by atoms with E-state index in [1.54, 1.807) is 4.90 Å². The van der Waals surface area contributed by atoms with Crippen molar-refractivity contribution < 1.29 is 19.4 Å². The summed E-state index contributed by atoms with van der Waals surface area (Å²) < 4.78 is 7.21. The molecular formula is C16H22N4O4. The lowest BCUT2D eigenvalue weighted by molar-refractivity contribution is -0.149. The maximum Gasteiger partial charge on any atom is 0.317 e. The van der Waals surface area contributed by atoms with Crippen molar-refractivity contribution in [3.63, 3.8) is 0 Å². The molecule has 3 aliphatic rings. The Balaban J connectivity index is 1.37. The second-order valence-corrected chi connectivity index (χ2v) is 7.17. The van der Waals surface area contributed by atoms with Crippen molar-refractivity contribution in [1.29, 1.82) is 0 Å². The lowest BCUT2D eigenvalue weighted by Crippen LogP contribution is -2.42. The molecule has 0 radical (unpaired) electrons. The number of rotatable bonds is 4. The minimum Gasteiger partial charge on any atom is -0.481 e. The van der Waals surface area contributed by atoms with Crippen LogP contribution in [0.1, 0.15) is 30.1 Å². The summed E-state index contributed by atoms with van der Waals surface area (Å²) in [7, 11) is 1.93. The van der Waals surface area contributed by atoms with Gasteiger partial charge in [0.1, 0.15) is 5.41 Å². The molecule has 2 atom stereocenters. The molecular weight excluding hydrogens is 312 g/mol. The maximum atomic E-state index is 12.4. The van der Waals surface area contributed by atoms with Gasteiger partial charge < -0.3 is 20.1 Å². The summed E-state index contributed by atoms with van der Waals surface area (Å²) in [6.45, 7) is 1.57. The van der Waals surface area contributed by atoms with E-state index in [0.717, 1.165) is 5.69 Å². The molecule has 1 aromatic heterocycles. The number of nitrogens with zero attached hydrogens (tertiary/aromatic N) is 3. The number of carbonyl (C=O) groups excluding carboxylic acids is 1. The predicted molar refractivity (Wildman–Crippen MR) is 83.4 cm³/mol. The fourth-order valence-electron chi connectivity index (χ4n) is 3.86. The number of carboxylic acid groups (broad SMARTS) is 1. The zero-order chi connectivity index (χ0) is 16.9. The number of urea groups is 1. The minimum atomic E-state index is -0.943. The monoisotopic (exact) mass is 334 g/mol. The van der Waals surface area contributed by atoms with E-state index in [0.29, 0.717) is 25.6 Å². The summed E-state index contributed by atoms with van der Waals surface area (Å²) in [5, 5.41) is 16.8. The third-order valence-electron chi connectivity index (χ3n) is 5.47. The molecule has 3 fully saturated rings. The molecule has 1 aliphatic carbocycles. The van der Waals surface area contributed by atoms with E-state index in [1.165, 1.54) is 18.5 Å². The summed E-state index contributed by atoms with van der Waals surface area (Å²) in [6.07, 6.45) is 2.42. The Kier molecular flexibility index (Phi) is 3.52. The molecule has 0 spiro atoms. The Bertz CT molecular complexity index is 684. The van der Waals surface area contributed by atoms with E-state index in [9.17, 15) is 14.7 Å². The molecule has 2 N–H and O–H groups in total. The van der Waals surface area contributed by atoms with Crippen LogP contribution in [0.3, 0.4) is 0 Å². The van der Waals surface area contributed by atoms with Gasteiger partial charge in [0.15, 0.2) is 0 Å². The van der Waals surface area contributed by atoms with Crippen molar-refractivity contribution in [3.8, 4) is 0 Å². The molecule has 1 saturated carbocycles. The normalized spacial score (nSPS) is 28.9. The largest absolute Gasteiger partial charge is 0.481 e. The Hall–Kier alpha value is -2.09. The standard InChI is InChI=1S/C16H22N4O4/c1-19-13(10-2-3-10)4-12(18-19)5-17-15(23)20-6-11-7-24-9-16(11,8-20)14(21)22/h4,10-11H,2-3,5-9H2,1H3,(H,17,23)(H,21,22)/t11-,16-/m1/s1. The number of nitrogens with one attached hydrogen (secondary N) is 1. The van der Waals surface area contributed by atoms with Crippen molar-refractivity contribution in [2.24, 2.45) is 18.4 Å². The molecule has 130 valence electrons. The third kappa shape index (κ3) is 2.45. The number of aromatic nitrogens is 2. The number of likely N-dealkylation sites (tertiary alicyclic amines) is 1. The van der Waals surface area contributed by atoms with Crippen LogP contribution in [-0.2, 0) is 23.1 Å². The molecule has 3 heterocycles. The Morgan fingerprint density at radius 1 is 1.50 bits per heavy atom. The molecule has 8 nitrogen and oxygen atoms in total. The quantitative estimate of drug-likeness (QED) is 0.838. The first-order valence-electron chi connectivity index (χ1n) is 8.36. The predicted octanol–water partition coefficient (Wildman–Crippen LogP) is 0.540. The Morgan fingerprint density at radius 2 is 2.29 bits per heavy atom. The lowest BCUT2D eigenvalue weighted by Gasteiger charge is -2.22. The summed E-state index contributed by atoms with van der Waals surface area (Å²) in [5.41, 5.74) is 1.11. The third-order valence-corrected chi connectivity index (χ3v) is 5.47. The highest BCUT2D eigenvalue weighted by molar-refractivity contribution is 5.80. The van der Waals surface area contributed by atoms with Gasteiger partial charge in [-0.3, -0.25) is 9.48 Å². The SMILES string of the molecule is Cn1nc(CNC(=O)N2C[C@@H]3COC[C@]3(C(=O)O)C2)cc1C1CC1. The highest BCUT2D eigenvalue weighted by Gasteiger charge is 2.57. The second kappa shape index (κ2) is 5.47. The van der Waals surface area contributed by atoms with Crippen LogP contribution in [0.5, 0.6) is 0 Å². The summed E-state index contributed by atoms with van der Waals surface area (Å²) in [5.74, 6) is -0.392. The zero-order valence-corrected chi connectivity index (χ0v) is 13.7. The van der Waals surface area contributed by atoms with Crippen molar-refractivity contribution in [3.05, 3.63) is 17.5 Å².